The van der Waals surface area contributed by atoms with Crippen molar-refractivity contribution in [3.05, 3.63) is 93.6 Å². The first-order valence-corrected chi connectivity index (χ1v) is 10.2. The molecule has 0 saturated heterocycles. The maximum atomic E-state index is 12.5. The molecule has 1 amide bonds. The Balaban J connectivity index is 1.34. The zero-order valence-electron chi connectivity index (χ0n) is 15.5. The lowest BCUT2D eigenvalue weighted by atomic mass is 10.1. The molecular formula is C23H17N3O2S. The lowest BCUT2D eigenvalue weighted by molar-refractivity contribution is -0.117. The van der Waals surface area contributed by atoms with Crippen LogP contribution in [0.5, 0.6) is 0 Å². The minimum absolute atomic E-state index is 0.130. The summed E-state index contributed by atoms with van der Waals surface area (Å²) in [5.41, 5.74) is 6.06. The number of rotatable bonds is 4. The van der Waals surface area contributed by atoms with Crippen molar-refractivity contribution in [2.24, 2.45) is 0 Å². The number of nitrogens with one attached hydrogen (secondary N) is 1. The van der Waals surface area contributed by atoms with Crippen molar-refractivity contribution in [1.29, 1.82) is 0 Å². The number of aromatic nitrogens is 2. The summed E-state index contributed by atoms with van der Waals surface area (Å²) in [5, 5.41) is 9.18. The normalized spacial score (nSPS) is 11.7. The smallest absolute Gasteiger partial charge is 0.267 e. The number of thiophene rings is 1. The maximum absolute atomic E-state index is 12.5. The number of carbonyl (C=O) groups is 1. The molecule has 2 aromatic carbocycles. The van der Waals surface area contributed by atoms with Crippen molar-refractivity contribution < 1.29 is 4.79 Å². The Morgan fingerprint density at radius 1 is 1.00 bits per heavy atom. The van der Waals surface area contributed by atoms with Gasteiger partial charge in [0.05, 0.1) is 4.88 Å². The quantitative estimate of drug-likeness (QED) is 0.493. The number of amides is 1. The molecule has 0 spiro atoms. The Morgan fingerprint density at radius 2 is 1.86 bits per heavy atom. The standard InChI is InChI=1S/C23H17N3O2S/c27-22(14-26-23(28)10-9-20(25-26)21-6-3-11-29-21)24-17-7-8-19-16(13-17)12-15-4-1-2-5-18(15)19/h1-11,13H,12,14H2,(H,24,27). The largest absolute Gasteiger partial charge is 0.324 e. The second kappa shape index (κ2) is 7.14. The molecule has 0 bridgehead atoms. The molecule has 5 nitrogen and oxygen atoms in total. The van der Waals surface area contributed by atoms with Gasteiger partial charge in [0.2, 0.25) is 5.91 Å². The van der Waals surface area contributed by atoms with Crippen LogP contribution in [0.1, 0.15) is 11.1 Å². The lowest BCUT2D eigenvalue weighted by Crippen LogP contribution is -2.29. The van der Waals surface area contributed by atoms with Crippen molar-refractivity contribution in [1.82, 2.24) is 9.78 Å². The first-order chi connectivity index (χ1) is 14.2. The Labute approximate surface area is 171 Å². The number of hydrogen-bond acceptors (Lipinski definition) is 4. The molecule has 0 atom stereocenters. The third-order valence-electron chi connectivity index (χ3n) is 5.01. The molecule has 6 heteroatoms. The van der Waals surface area contributed by atoms with Crippen LogP contribution in [0.25, 0.3) is 21.7 Å². The molecule has 1 N–H and O–H groups in total. The van der Waals surface area contributed by atoms with Gasteiger partial charge in [-0.15, -0.1) is 11.3 Å². The van der Waals surface area contributed by atoms with Crippen molar-refractivity contribution >= 4 is 22.9 Å². The predicted molar refractivity (Wildman–Crippen MR) is 115 cm³/mol. The fraction of sp³-hybridized carbons (Fsp3) is 0.0870. The Bertz CT molecular complexity index is 1280. The van der Waals surface area contributed by atoms with Gasteiger partial charge in [-0.3, -0.25) is 9.59 Å². The molecule has 142 valence electrons. The number of anilines is 1. The number of fused-ring (bicyclic) bond motifs is 3. The SMILES string of the molecule is O=C(Cn1nc(-c2cccs2)ccc1=O)Nc1ccc2c(c1)Cc1ccccc1-2. The fourth-order valence-electron chi connectivity index (χ4n) is 3.68. The average Bonchev–Trinajstić information content (AvgIpc) is 3.37. The lowest BCUT2D eigenvalue weighted by Gasteiger charge is -2.09. The third kappa shape index (κ3) is 3.39. The van der Waals surface area contributed by atoms with Gasteiger partial charge in [-0.05, 0) is 58.3 Å². The van der Waals surface area contributed by atoms with Gasteiger partial charge in [0, 0.05) is 11.8 Å². The highest BCUT2D eigenvalue weighted by molar-refractivity contribution is 7.13. The van der Waals surface area contributed by atoms with Crippen LogP contribution in [0.3, 0.4) is 0 Å². The maximum Gasteiger partial charge on any atom is 0.267 e. The highest BCUT2D eigenvalue weighted by atomic mass is 32.1. The molecule has 2 heterocycles. The van der Waals surface area contributed by atoms with Crippen LogP contribution < -0.4 is 10.9 Å². The summed E-state index contributed by atoms with van der Waals surface area (Å²) >= 11 is 1.54. The summed E-state index contributed by atoms with van der Waals surface area (Å²) in [5.74, 6) is -0.279. The first kappa shape index (κ1) is 17.6. The van der Waals surface area contributed by atoms with Crippen LogP contribution in [0, 0.1) is 0 Å². The molecule has 29 heavy (non-hydrogen) atoms. The van der Waals surface area contributed by atoms with Crippen LogP contribution in [0.15, 0.2) is 76.9 Å². The molecule has 0 unspecified atom stereocenters. The zero-order valence-corrected chi connectivity index (χ0v) is 16.3. The molecule has 1 aliphatic carbocycles. The molecular weight excluding hydrogens is 382 g/mol. The van der Waals surface area contributed by atoms with E-state index in [-0.39, 0.29) is 18.0 Å². The van der Waals surface area contributed by atoms with E-state index >= 15 is 0 Å². The zero-order chi connectivity index (χ0) is 19.8. The van der Waals surface area contributed by atoms with Gasteiger partial charge in [-0.25, -0.2) is 4.68 Å². The van der Waals surface area contributed by atoms with Crippen molar-refractivity contribution in [3.8, 4) is 21.7 Å². The molecule has 0 fully saturated rings. The predicted octanol–water partition coefficient (Wildman–Crippen LogP) is 4.18. The van der Waals surface area contributed by atoms with Crippen LogP contribution in [0.4, 0.5) is 5.69 Å². The van der Waals surface area contributed by atoms with E-state index in [1.54, 1.807) is 6.07 Å². The van der Waals surface area contributed by atoms with Crippen molar-refractivity contribution in [2.45, 2.75) is 13.0 Å². The van der Waals surface area contributed by atoms with E-state index in [9.17, 15) is 9.59 Å². The molecule has 4 aromatic rings. The second-order valence-electron chi connectivity index (χ2n) is 6.95. The van der Waals surface area contributed by atoms with E-state index in [2.05, 4.69) is 22.5 Å². The van der Waals surface area contributed by atoms with E-state index in [1.807, 2.05) is 47.8 Å². The van der Waals surface area contributed by atoms with Gasteiger partial charge in [0.25, 0.3) is 5.56 Å². The van der Waals surface area contributed by atoms with Crippen LogP contribution in [-0.4, -0.2) is 15.7 Å². The topological polar surface area (TPSA) is 64.0 Å². The molecule has 0 aliphatic heterocycles. The summed E-state index contributed by atoms with van der Waals surface area (Å²) in [6, 6.07) is 21.3. The number of nitrogens with zero attached hydrogens (tertiary/aromatic N) is 2. The van der Waals surface area contributed by atoms with Gasteiger partial charge in [-0.1, -0.05) is 36.4 Å². The summed E-state index contributed by atoms with van der Waals surface area (Å²) in [6.07, 6.45) is 0.860. The summed E-state index contributed by atoms with van der Waals surface area (Å²) in [4.78, 5) is 25.6. The Morgan fingerprint density at radius 3 is 2.72 bits per heavy atom. The average molecular weight is 399 g/mol. The minimum atomic E-state index is -0.301. The summed E-state index contributed by atoms with van der Waals surface area (Å²) in [6.45, 7) is -0.130. The van der Waals surface area contributed by atoms with Crippen molar-refractivity contribution in [2.75, 3.05) is 5.32 Å². The van der Waals surface area contributed by atoms with Gasteiger partial charge < -0.3 is 5.32 Å². The van der Waals surface area contributed by atoms with E-state index in [0.717, 1.165) is 17.0 Å². The van der Waals surface area contributed by atoms with Crippen LogP contribution >= 0.6 is 11.3 Å². The minimum Gasteiger partial charge on any atom is -0.324 e. The fourth-order valence-corrected chi connectivity index (χ4v) is 4.37. The van der Waals surface area contributed by atoms with Gasteiger partial charge in [0.1, 0.15) is 12.2 Å². The van der Waals surface area contributed by atoms with E-state index in [4.69, 9.17) is 0 Å². The van der Waals surface area contributed by atoms with Crippen LogP contribution in [0.2, 0.25) is 0 Å². The summed E-state index contributed by atoms with van der Waals surface area (Å²) < 4.78 is 1.20. The molecule has 0 radical (unpaired) electrons. The number of hydrogen-bond donors (Lipinski definition) is 1. The first-order valence-electron chi connectivity index (χ1n) is 9.30. The molecule has 5 rings (SSSR count). The number of carbonyl (C=O) groups excluding carboxylic acids is 1. The third-order valence-corrected chi connectivity index (χ3v) is 5.90. The van der Waals surface area contributed by atoms with Crippen LogP contribution in [-0.2, 0) is 17.8 Å². The molecule has 2 aromatic heterocycles. The molecule has 0 saturated carbocycles. The Hall–Kier alpha value is -3.51. The van der Waals surface area contributed by atoms with Gasteiger partial charge in [-0.2, -0.15) is 5.10 Å². The second-order valence-corrected chi connectivity index (χ2v) is 7.89. The Kier molecular flexibility index (Phi) is 4.33. The van der Waals surface area contributed by atoms with Crippen molar-refractivity contribution in [3.63, 3.8) is 0 Å². The van der Waals surface area contributed by atoms with E-state index in [0.29, 0.717) is 5.69 Å². The highest BCUT2D eigenvalue weighted by Gasteiger charge is 2.18. The summed E-state index contributed by atoms with van der Waals surface area (Å²) in [7, 11) is 0. The number of benzene rings is 2. The van der Waals surface area contributed by atoms with E-state index < -0.39 is 0 Å². The highest BCUT2D eigenvalue weighted by Crippen LogP contribution is 2.37. The van der Waals surface area contributed by atoms with Gasteiger partial charge in [0.15, 0.2) is 0 Å². The monoisotopic (exact) mass is 399 g/mol. The molecule has 1 aliphatic rings. The van der Waals surface area contributed by atoms with Gasteiger partial charge >= 0.3 is 0 Å². The van der Waals surface area contributed by atoms with E-state index in [1.165, 1.54) is 44.3 Å².